The van der Waals surface area contributed by atoms with Crippen molar-refractivity contribution in [1.82, 2.24) is 0 Å². The van der Waals surface area contributed by atoms with Crippen molar-refractivity contribution >= 4 is 21.9 Å². The maximum atomic E-state index is 13.2. The summed E-state index contributed by atoms with van der Waals surface area (Å²) >= 11 is 0. The van der Waals surface area contributed by atoms with Crippen LogP contribution in [-0.4, -0.2) is 82.2 Å². The summed E-state index contributed by atoms with van der Waals surface area (Å²) in [5.41, 5.74) is -1.18. The first-order valence-corrected chi connectivity index (χ1v) is 9.77. The fraction of sp³-hybridized carbons (Fsp3) is 0.381. The Morgan fingerprint density at radius 2 is 1.67 bits per heavy atom. The highest BCUT2D eigenvalue weighted by atomic mass is 16.7. The molecule has 4 rings (SSSR count). The maximum Gasteiger partial charge on any atom is 0.229 e. The molecule has 2 heterocycles. The van der Waals surface area contributed by atoms with Crippen LogP contribution in [0.2, 0.25) is 0 Å². The van der Waals surface area contributed by atoms with E-state index in [1.54, 1.807) is 0 Å². The van der Waals surface area contributed by atoms with Gasteiger partial charge in [0.1, 0.15) is 46.5 Å². The van der Waals surface area contributed by atoms with Crippen LogP contribution in [-0.2, 0) is 4.74 Å². The van der Waals surface area contributed by atoms with Gasteiger partial charge in [-0.15, -0.1) is 0 Å². The highest BCUT2D eigenvalue weighted by molar-refractivity contribution is 6.00. The van der Waals surface area contributed by atoms with E-state index in [0.717, 1.165) is 6.07 Å². The topological polar surface area (TPSA) is 189 Å². The summed E-state index contributed by atoms with van der Waals surface area (Å²) in [6.45, 7) is -0.681. The van der Waals surface area contributed by atoms with Crippen LogP contribution in [0.5, 0.6) is 28.7 Å². The molecule has 33 heavy (non-hydrogen) atoms. The predicted molar refractivity (Wildman–Crippen MR) is 111 cm³/mol. The summed E-state index contributed by atoms with van der Waals surface area (Å²) in [5.74, 6) is -1.40. The molecule has 0 spiro atoms. The average Bonchev–Trinajstić information content (AvgIpc) is 2.80. The first-order chi connectivity index (χ1) is 15.7. The molecule has 3 aromatic rings. The van der Waals surface area contributed by atoms with Gasteiger partial charge >= 0.3 is 0 Å². The second kappa shape index (κ2) is 8.57. The molecular formula is C21H22O12. The number of hydrogen-bond donors (Lipinski definition) is 6. The van der Waals surface area contributed by atoms with Gasteiger partial charge in [0.15, 0.2) is 22.8 Å². The summed E-state index contributed by atoms with van der Waals surface area (Å²) in [6.07, 6.45) is -7.94. The Hall–Kier alpha value is -3.29. The summed E-state index contributed by atoms with van der Waals surface area (Å²) in [4.78, 5) is 13.2. The number of benzene rings is 2. The Kier molecular flexibility index (Phi) is 5.95. The van der Waals surface area contributed by atoms with Crippen molar-refractivity contribution < 1.29 is 54.0 Å². The molecule has 1 saturated heterocycles. The van der Waals surface area contributed by atoms with Crippen molar-refractivity contribution in [2.75, 3.05) is 20.8 Å². The monoisotopic (exact) mass is 466 g/mol. The fourth-order valence-corrected chi connectivity index (χ4v) is 3.72. The summed E-state index contributed by atoms with van der Waals surface area (Å²) < 4.78 is 27.0. The number of methoxy groups -OCH3 is 2. The zero-order valence-corrected chi connectivity index (χ0v) is 17.5. The average molecular weight is 466 g/mol. The number of phenols is 2. The third-order valence-electron chi connectivity index (χ3n) is 5.47. The minimum Gasteiger partial charge on any atom is -0.507 e. The van der Waals surface area contributed by atoms with Gasteiger partial charge in [0.25, 0.3) is 0 Å². The van der Waals surface area contributed by atoms with E-state index in [4.69, 9.17) is 23.4 Å². The normalized spacial score (nSPS) is 25.3. The molecular weight excluding hydrogens is 444 g/mol. The van der Waals surface area contributed by atoms with Crippen LogP contribution in [0.25, 0.3) is 21.9 Å². The molecule has 0 aliphatic carbocycles. The Labute approximate surface area is 185 Å². The lowest BCUT2D eigenvalue weighted by Crippen LogP contribution is -2.60. The van der Waals surface area contributed by atoms with Crippen LogP contribution in [0.1, 0.15) is 0 Å². The molecule has 0 radical (unpaired) electrons. The lowest BCUT2D eigenvalue weighted by molar-refractivity contribution is -0.277. The van der Waals surface area contributed by atoms with Gasteiger partial charge in [-0.05, 0) is 12.1 Å². The number of ether oxygens (including phenoxy) is 4. The quantitative estimate of drug-likeness (QED) is 0.266. The van der Waals surface area contributed by atoms with E-state index in [1.807, 2.05) is 0 Å². The molecule has 1 aliphatic rings. The Bertz CT molecular complexity index is 1250. The van der Waals surface area contributed by atoms with E-state index >= 15 is 0 Å². The van der Waals surface area contributed by atoms with E-state index in [0.29, 0.717) is 0 Å². The van der Waals surface area contributed by atoms with Gasteiger partial charge < -0.3 is 54.0 Å². The first-order valence-electron chi connectivity index (χ1n) is 9.77. The second-order valence-electron chi connectivity index (χ2n) is 7.37. The number of rotatable bonds is 5. The van der Waals surface area contributed by atoms with Crippen LogP contribution in [0, 0.1) is 0 Å². The molecule has 1 aliphatic heterocycles. The summed E-state index contributed by atoms with van der Waals surface area (Å²) in [6, 6.07) is 3.79. The van der Waals surface area contributed by atoms with Gasteiger partial charge in [-0.1, -0.05) is 0 Å². The van der Waals surface area contributed by atoms with Crippen LogP contribution in [0.4, 0.5) is 0 Å². The zero-order chi connectivity index (χ0) is 24.0. The minimum atomic E-state index is -1.75. The van der Waals surface area contributed by atoms with Crippen molar-refractivity contribution in [3.63, 3.8) is 0 Å². The highest BCUT2D eigenvalue weighted by Gasteiger charge is 2.45. The molecule has 1 aromatic heterocycles. The Morgan fingerprint density at radius 3 is 2.30 bits per heavy atom. The molecule has 5 atom stereocenters. The van der Waals surface area contributed by atoms with Crippen LogP contribution in [0.15, 0.2) is 27.4 Å². The Morgan fingerprint density at radius 1 is 0.970 bits per heavy atom. The lowest BCUT2D eigenvalue weighted by Gasteiger charge is -2.39. The van der Waals surface area contributed by atoms with E-state index in [-0.39, 0.29) is 39.2 Å². The van der Waals surface area contributed by atoms with Crippen LogP contribution < -0.4 is 19.6 Å². The molecule has 12 nitrogen and oxygen atoms in total. The van der Waals surface area contributed by atoms with Gasteiger partial charge in [-0.25, -0.2) is 0 Å². The molecule has 178 valence electrons. The number of phenolic OH excluding ortho intramolecular Hbond substituents is 2. The van der Waals surface area contributed by atoms with Crippen LogP contribution in [0.3, 0.4) is 0 Å². The van der Waals surface area contributed by atoms with Gasteiger partial charge in [-0.3, -0.25) is 4.79 Å². The SMILES string of the molecule is COc1cc(O)c2c(=O)c3c(O)c(OC)ccc3oc2c1OC1O[C@H](CO)[C@@H](O)[C@H](O)[C@H]1O. The number of aromatic hydroxyl groups is 2. The van der Waals surface area contributed by atoms with Crippen molar-refractivity contribution in [2.24, 2.45) is 0 Å². The molecule has 1 unspecified atom stereocenters. The van der Waals surface area contributed by atoms with E-state index in [2.05, 4.69) is 0 Å². The predicted octanol–water partition coefficient (Wildman–Crippen LogP) is -0.447. The van der Waals surface area contributed by atoms with Crippen molar-refractivity contribution in [3.8, 4) is 28.7 Å². The highest BCUT2D eigenvalue weighted by Crippen LogP contribution is 2.44. The number of fused-ring (bicyclic) bond motifs is 2. The van der Waals surface area contributed by atoms with Crippen molar-refractivity contribution in [1.29, 1.82) is 0 Å². The van der Waals surface area contributed by atoms with Gasteiger partial charge in [0.05, 0.1) is 20.8 Å². The van der Waals surface area contributed by atoms with Crippen molar-refractivity contribution in [2.45, 2.75) is 30.7 Å². The standard InChI is InChI=1S/C21H22O12/c1-29-9-4-3-8-13(14(9)24)16(26)12-7(23)5-10(30-2)19(20(12)31-8)33-21-18(28)17(27)15(25)11(6-22)32-21/h3-5,11,15,17-18,21-25,27-28H,6H2,1-2H3/t11-,15-,17+,18-,21?/m1/s1. The van der Waals surface area contributed by atoms with Gasteiger partial charge in [0, 0.05) is 6.07 Å². The van der Waals surface area contributed by atoms with Crippen molar-refractivity contribution in [3.05, 3.63) is 28.4 Å². The van der Waals surface area contributed by atoms with Gasteiger partial charge in [-0.2, -0.15) is 0 Å². The second-order valence-corrected chi connectivity index (χ2v) is 7.37. The number of aliphatic hydroxyl groups is 4. The summed E-state index contributed by atoms with van der Waals surface area (Å²) in [5, 5.41) is 60.0. The minimum absolute atomic E-state index is 0.0138. The number of aliphatic hydroxyl groups excluding tert-OH is 4. The molecule has 6 N–H and O–H groups in total. The van der Waals surface area contributed by atoms with E-state index in [1.165, 1.54) is 26.4 Å². The molecule has 0 saturated carbocycles. The van der Waals surface area contributed by atoms with Gasteiger partial charge in [0.2, 0.25) is 17.5 Å². The number of hydrogen-bond acceptors (Lipinski definition) is 12. The van der Waals surface area contributed by atoms with Crippen LogP contribution >= 0.6 is 0 Å². The fourth-order valence-electron chi connectivity index (χ4n) is 3.72. The zero-order valence-electron chi connectivity index (χ0n) is 17.5. The Balaban J connectivity index is 1.93. The smallest absolute Gasteiger partial charge is 0.229 e. The molecule has 12 heteroatoms. The van der Waals surface area contributed by atoms with E-state index in [9.17, 15) is 35.4 Å². The molecule has 1 fully saturated rings. The largest absolute Gasteiger partial charge is 0.507 e. The third-order valence-corrected chi connectivity index (χ3v) is 5.47. The summed E-state index contributed by atoms with van der Waals surface area (Å²) in [7, 11) is 2.55. The molecule has 2 aromatic carbocycles. The third kappa shape index (κ3) is 3.57. The maximum absolute atomic E-state index is 13.2. The molecule has 0 amide bonds. The lowest BCUT2D eigenvalue weighted by atomic mass is 9.99. The molecule has 0 bridgehead atoms. The first kappa shape index (κ1) is 22.9. The van der Waals surface area contributed by atoms with E-state index < -0.39 is 54.2 Å².